The number of phenols is 1. The molecule has 1 fully saturated rings. The summed E-state index contributed by atoms with van der Waals surface area (Å²) in [5, 5.41) is 10.0. The molecule has 3 rings (SSSR count). The van der Waals surface area contributed by atoms with Crippen molar-refractivity contribution in [3.8, 4) is 17.2 Å². The molecule has 0 saturated carbocycles. The lowest BCUT2D eigenvalue weighted by Crippen LogP contribution is -2.45. The van der Waals surface area contributed by atoms with E-state index in [1.54, 1.807) is 26.4 Å². The number of aromatic hydroxyl groups is 1. The number of phenolic OH excluding ortho intramolecular Hbond substituents is 1. The third kappa shape index (κ3) is 4.65. The standard InChI is InChI=1S/C20H26N2O3/c1-24-18-5-3-16(4-6-18)14-21-9-11-22(12-10-21)15-17-13-19(25-2)7-8-20(17)23/h3-8,13,23H,9-12,14-15H2,1-2H3. The average Bonchev–Trinajstić information content (AvgIpc) is 2.66. The van der Waals surface area contributed by atoms with Crippen molar-refractivity contribution in [2.45, 2.75) is 13.1 Å². The van der Waals surface area contributed by atoms with Gasteiger partial charge in [-0.05, 0) is 35.9 Å². The van der Waals surface area contributed by atoms with Crippen LogP contribution in [0.2, 0.25) is 0 Å². The molecule has 25 heavy (non-hydrogen) atoms. The lowest BCUT2D eigenvalue weighted by molar-refractivity contribution is 0.121. The summed E-state index contributed by atoms with van der Waals surface area (Å²) in [7, 11) is 3.34. The first-order valence-electron chi connectivity index (χ1n) is 8.61. The predicted molar refractivity (Wildman–Crippen MR) is 98.2 cm³/mol. The van der Waals surface area contributed by atoms with E-state index in [0.29, 0.717) is 5.75 Å². The van der Waals surface area contributed by atoms with Crippen molar-refractivity contribution < 1.29 is 14.6 Å². The summed E-state index contributed by atoms with van der Waals surface area (Å²) >= 11 is 0. The largest absolute Gasteiger partial charge is 0.508 e. The summed E-state index contributed by atoms with van der Waals surface area (Å²) in [6, 6.07) is 13.7. The molecule has 1 aliphatic heterocycles. The second-order valence-corrected chi connectivity index (χ2v) is 6.40. The first kappa shape index (κ1) is 17.6. The Morgan fingerprint density at radius 1 is 0.800 bits per heavy atom. The van der Waals surface area contributed by atoms with Crippen LogP contribution in [0.4, 0.5) is 0 Å². The van der Waals surface area contributed by atoms with Gasteiger partial charge < -0.3 is 14.6 Å². The van der Waals surface area contributed by atoms with Crippen molar-refractivity contribution in [1.29, 1.82) is 0 Å². The van der Waals surface area contributed by atoms with E-state index in [1.165, 1.54) is 5.56 Å². The third-order valence-corrected chi connectivity index (χ3v) is 4.71. The Kier molecular flexibility index (Phi) is 5.79. The van der Waals surface area contributed by atoms with Gasteiger partial charge in [-0.15, -0.1) is 0 Å². The molecule has 5 nitrogen and oxygen atoms in total. The van der Waals surface area contributed by atoms with Crippen molar-refractivity contribution >= 4 is 0 Å². The maximum absolute atomic E-state index is 10.0. The fourth-order valence-electron chi connectivity index (χ4n) is 3.15. The quantitative estimate of drug-likeness (QED) is 0.874. The third-order valence-electron chi connectivity index (χ3n) is 4.71. The molecule has 2 aromatic rings. The summed E-state index contributed by atoms with van der Waals surface area (Å²) in [5.41, 5.74) is 2.22. The molecule has 0 atom stereocenters. The van der Waals surface area contributed by atoms with Crippen LogP contribution in [0.5, 0.6) is 17.2 Å². The van der Waals surface area contributed by atoms with E-state index in [-0.39, 0.29) is 0 Å². The maximum Gasteiger partial charge on any atom is 0.120 e. The minimum Gasteiger partial charge on any atom is -0.508 e. The molecule has 0 unspecified atom stereocenters. The molecule has 1 N–H and O–H groups in total. The Balaban J connectivity index is 1.51. The van der Waals surface area contributed by atoms with Crippen LogP contribution in [0.1, 0.15) is 11.1 Å². The highest BCUT2D eigenvalue weighted by Crippen LogP contribution is 2.24. The van der Waals surface area contributed by atoms with Crippen molar-refractivity contribution in [2.24, 2.45) is 0 Å². The molecular weight excluding hydrogens is 316 g/mol. The van der Waals surface area contributed by atoms with Crippen molar-refractivity contribution in [3.05, 3.63) is 53.6 Å². The highest BCUT2D eigenvalue weighted by atomic mass is 16.5. The monoisotopic (exact) mass is 342 g/mol. The number of nitrogens with zero attached hydrogens (tertiary/aromatic N) is 2. The summed E-state index contributed by atoms with van der Waals surface area (Å²) < 4.78 is 10.5. The molecule has 0 spiro atoms. The number of ether oxygens (including phenoxy) is 2. The van der Waals surface area contributed by atoms with Crippen LogP contribution < -0.4 is 9.47 Å². The van der Waals surface area contributed by atoms with Gasteiger partial charge in [0.25, 0.3) is 0 Å². The van der Waals surface area contributed by atoms with Crippen LogP contribution >= 0.6 is 0 Å². The average molecular weight is 342 g/mol. The lowest BCUT2D eigenvalue weighted by Gasteiger charge is -2.34. The Morgan fingerprint density at radius 2 is 1.36 bits per heavy atom. The molecule has 0 aromatic heterocycles. The Bertz CT molecular complexity index is 680. The molecule has 2 aromatic carbocycles. The lowest BCUT2D eigenvalue weighted by atomic mass is 10.1. The first-order chi connectivity index (χ1) is 12.2. The van der Waals surface area contributed by atoms with Gasteiger partial charge in [-0.3, -0.25) is 9.80 Å². The van der Waals surface area contributed by atoms with Gasteiger partial charge in [-0.25, -0.2) is 0 Å². The van der Waals surface area contributed by atoms with E-state index in [1.807, 2.05) is 18.2 Å². The van der Waals surface area contributed by atoms with E-state index in [4.69, 9.17) is 9.47 Å². The normalized spacial score (nSPS) is 15.9. The molecule has 1 aliphatic rings. The fourth-order valence-corrected chi connectivity index (χ4v) is 3.15. The van der Waals surface area contributed by atoms with Crippen LogP contribution in [-0.4, -0.2) is 55.3 Å². The van der Waals surface area contributed by atoms with Crippen molar-refractivity contribution in [3.63, 3.8) is 0 Å². The highest BCUT2D eigenvalue weighted by molar-refractivity contribution is 5.39. The number of hydrogen-bond acceptors (Lipinski definition) is 5. The molecule has 134 valence electrons. The summed E-state index contributed by atoms with van der Waals surface area (Å²) in [6.45, 7) is 5.74. The number of methoxy groups -OCH3 is 2. The van der Waals surface area contributed by atoms with Crippen molar-refractivity contribution in [1.82, 2.24) is 9.80 Å². The number of hydrogen-bond donors (Lipinski definition) is 1. The molecule has 5 heteroatoms. The molecule has 0 amide bonds. The number of benzene rings is 2. The SMILES string of the molecule is COc1ccc(CN2CCN(Cc3cc(OC)ccc3O)CC2)cc1. The molecule has 0 aliphatic carbocycles. The molecule has 0 bridgehead atoms. The number of rotatable bonds is 6. The zero-order valence-corrected chi connectivity index (χ0v) is 14.9. The van der Waals surface area contributed by atoms with E-state index in [9.17, 15) is 5.11 Å². The second kappa shape index (κ2) is 8.23. The molecule has 1 heterocycles. The zero-order chi connectivity index (χ0) is 17.6. The molecular formula is C20H26N2O3. The van der Waals surface area contributed by atoms with Gasteiger partial charge >= 0.3 is 0 Å². The van der Waals surface area contributed by atoms with Gasteiger partial charge in [-0.1, -0.05) is 12.1 Å². The maximum atomic E-state index is 10.0. The smallest absolute Gasteiger partial charge is 0.120 e. The van der Waals surface area contributed by atoms with Crippen LogP contribution in [0.25, 0.3) is 0 Å². The van der Waals surface area contributed by atoms with Gasteiger partial charge in [0.15, 0.2) is 0 Å². The number of piperazine rings is 1. The fraction of sp³-hybridized carbons (Fsp3) is 0.400. The van der Waals surface area contributed by atoms with Crippen LogP contribution in [-0.2, 0) is 13.1 Å². The Labute approximate surface area is 149 Å². The first-order valence-corrected chi connectivity index (χ1v) is 8.61. The Hall–Kier alpha value is -2.24. The molecule has 0 radical (unpaired) electrons. The Morgan fingerprint density at radius 3 is 1.96 bits per heavy atom. The second-order valence-electron chi connectivity index (χ2n) is 6.40. The van der Waals surface area contributed by atoms with Gasteiger partial charge in [0, 0.05) is 44.8 Å². The van der Waals surface area contributed by atoms with Crippen molar-refractivity contribution in [2.75, 3.05) is 40.4 Å². The summed E-state index contributed by atoms with van der Waals surface area (Å²) in [5.74, 6) is 2.01. The summed E-state index contributed by atoms with van der Waals surface area (Å²) in [6.07, 6.45) is 0. The minimum absolute atomic E-state index is 0.335. The van der Waals surface area contributed by atoms with Gasteiger partial charge in [-0.2, -0.15) is 0 Å². The van der Waals surface area contributed by atoms with Gasteiger partial charge in [0.1, 0.15) is 17.2 Å². The van der Waals surface area contributed by atoms with E-state index >= 15 is 0 Å². The van der Waals surface area contributed by atoms with Crippen LogP contribution in [0.15, 0.2) is 42.5 Å². The van der Waals surface area contributed by atoms with E-state index in [0.717, 1.165) is 56.3 Å². The van der Waals surface area contributed by atoms with Crippen LogP contribution in [0.3, 0.4) is 0 Å². The van der Waals surface area contributed by atoms with E-state index in [2.05, 4.69) is 21.9 Å². The summed E-state index contributed by atoms with van der Waals surface area (Å²) in [4.78, 5) is 4.84. The molecule has 1 saturated heterocycles. The van der Waals surface area contributed by atoms with Crippen LogP contribution in [0, 0.1) is 0 Å². The highest BCUT2D eigenvalue weighted by Gasteiger charge is 2.18. The predicted octanol–water partition coefficient (Wildman–Crippen LogP) is 2.73. The van der Waals surface area contributed by atoms with Gasteiger partial charge in [0.2, 0.25) is 0 Å². The minimum atomic E-state index is 0.335. The topological polar surface area (TPSA) is 45.2 Å². The van der Waals surface area contributed by atoms with E-state index < -0.39 is 0 Å². The van der Waals surface area contributed by atoms with Gasteiger partial charge in [0.05, 0.1) is 14.2 Å². The zero-order valence-electron chi connectivity index (χ0n) is 14.9.